The van der Waals surface area contributed by atoms with Gasteiger partial charge in [-0.15, -0.1) is 10.2 Å². The molecular weight excluding hydrogens is 350 g/mol. The summed E-state index contributed by atoms with van der Waals surface area (Å²) in [6, 6.07) is 15.7. The summed E-state index contributed by atoms with van der Waals surface area (Å²) in [6.07, 6.45) is 1.02. The lowest BCUT2D eigenvalue weighted by Gasteiger charge is -2.15. The van der Waals surface area contributed by atoms with Crippen molar-refractivity contribution in [3.05, 3.63) is 65.0 Å². The Labute approximate surface area is 157 Å². The van der Waals surface area contributed by atoms with Gasteiger partial charge < -0.3 is 9.15 Å². The fourth-order valence-corrected chi connectivity index (χ4v) is 3.48. The third-order valence-electron chi connectivity index (χ3n) is 4.72. The number of hydrogen-bond donors (Lipinski definition) is 0. The number of methoxy groups -OCH3 is 1. The summed E-state index contributed by atoms with van der Waals surface area (Å²) in [6.45, 7) is 2.83. The highest BCUT2D eigenvalue weighted by Gasteiger charge is 2.28. The van der Waals surface area contributed by atoms with Crippen LogP contribution in [0.15, 0.2) is 52.9 Å². The van der Waals surface area contributed by atoms with Crippen LogP contribution in [-0.4, -0.2) is 35.3 Å². The molecule has 2 aromatic carbocycles. The van der Waals surface area contributed by atoms with Crippen molar-refractivity contribution in [1.82, 2.24) is 15.1 Å². The summed E-state index contributed by atoms with van der Waals surface area (Å²) in [5.74, 6) is 2.20. The maximum Gasteiger partial charge on any atom is 0.251 e. The highest BCUT2D eigenvalue weighted by molar-refractivity contribution is 6.30. The SMILES string of the molecule is COc1ccccc1-c1nnc(C2CCN(Cc3ccc(Cl)cc3)C2)o1. The molecule has 0 aliphatic carbocycles. The minimum atomic E-state index is 0.262. The van der Waals surface area contributed by atoms with E-state index in [-0.39, 0.29) is 5.92 Å². The molecule has 2 heterocycles. The smallest absolute Gasteiger partial charge is 0.251 e. The van der Waals surface area contributed by atoms with E-state index in [2.05, 4.69) is 27.2 Å². The van der Waals surface area contributed by atoms with Gasteiger partial charge in [-0.05, 0) is 42.8 Å². The Hall–Kier alpha value is -2.37. The Kier molecular flexibility index (Phi) is 4.91. The van der Waals surface area contributed by atoms with Crippen molar-refractivity contribution in [2.24, 2.45) is 0 Å². The molecule has 0 bridgehead atoms. The summed E-state index contributed by atoms with van der Waals surface area (Å²) < 4.78 is 11.3. The monoisotopic (exact) mass is 369 g/mol. The zero-order chi connectivity index (χ0) is 17.9. The highest BCUT2D eigenvalue weighted by Crippen LogP contribution is 2.32. The van der Waals surface area contributed by atoms with Crippen LogP contribution in [0.4, 0.5) is 0 Å². The molecule has 1 aromatic heterocycles. The molecule has 1 aliphatic rings. The number of likely N-dealkylation sites (tertiary alicyclic amines) is 1. The molecule has 1 unspecified atom stereocenters. The Bertz CT molecular complexity index is 879. The Balaban J connectivity index is 1.44. The lowest BCUT2D eigenvalue weighted by atomic mass is 10.1. The molecule has 5 nitrogen and oxygen atoms in total. The van der Waals surface area contributed by atoms with E-state index in [0.29, 0.717) is 11.8 Å². The quantitative estimate of drug-likeness (QED) is 0.667. The van der Waals surface area contributed by atoms with Gasteiger partial charge in [0.05, 0.1) is 18.6 Å². The standard InChI is InChI=1S/C20H20ClN3O2/c1-25-18-5-3-2-4-17(18)20-23-22-19(26-20)15-10-11-24(13-15)12-14-6-8-16(21)9-7-14/h2-9,15H,10-13H2,1H3. The number of rotatable bonds is 5. The molecule has 1 saturated heterocycles. The minimum absolute atomic E-state index is 0.262. The average molecular weight is 370 g/mol. The van der Waals surface area contributed by atoms with E-state index in [1.807, 2.05) is 36.4 Å². The van der Waals surface area contributed by atoms with Crippen molar-refractivity contribution in [2.45, 2.75) is 18.9 Å². The van der Waals surface area contributed by atoms with Gasteiger partial charge in [-0.3, -0.25) is 4.90 Å². The molecule has 0 spiro atoms. The Morgan fingerprint density at radius 2 is 1.96 bits per heavy atom. The van der Waals surface area contributed by atoms with Gasteiger partial charge in [-0.1, -0.05) is 35.9 Å². The molecule has 0 radical (unpaired) electrons. The first kappa shape index (κ1) is 17.1. The van der Waals surface area contributed by atoms with Crippen LogP contribution >= 0.6 is 11.6 Å². The first-order valence-electron chi connectivity index (χ1n) is 8.66. The number of aromatic nitrogens is 2. The third kappa shape index (κ3) is 3.59. The van der Waals surface area contributed by atoms with Crippen molar-refractivity contribution in [3.63, 3.8) is 0 Å². The molecule has 1 fully saturated rings. The van der Waals surface area contributed by atoms with Crippen LogP contribution in [0.2, 0.25) is 5.02 Å². The normalized spacial score (nSPS) is 17.5. The molecule has 26 heavy (non-hydrogen) atoms. The Morgan fingerprint density at radius 1 is 1.15 bits per heavy atom. The first-order valence-corrected chi connectivity index (χ1v) is 9.04. The van der Waals surface area contributed by atoms with Crippen molar-refractivity contribution in [2.75, 3.05) is 20.2 Å². The molecule has 6 heteroatoms. The van der Waals surface area contributed by atoms with Gasteiger partial charge >= 0.3 is 0 Å². The van der Waals surface area contributed by atoms with Gasteiger partial charge in [-0.25, -0.2) is 0 Å². The van der Waals surface area contributed by atoms with Gasteiger partial charge in [0.1, 0.15) is 5.75 Å². The molecule has 0 N–H and O–H groups in total. The van der Waals surface area contributed by atoms with Crippen LogP contribution in [-0.2, 0) is 6.54 Å². The predicted molar refractivity (Wildman–Crippen MR) is 100 cm³/mol. The lowest BCUT2D eigenvalue weighted by Crippen LogP contribution is -2.19. The van der Waals surface area contributed by atoms with E-state index in [4.69, 9.17) is 20.8 Å². The fourth-order valence-electron chi connectivity index (χ4n) is 3.36. The van der Waals surface area contributed by atoms with Gasteiger partial charge in [0.2, 0.25) is 5.89 Å². The van der Waals surface area contributed by atoms with Crippen LogP contribution in [0, 0.1) is 0 Å². The fraction of sp³-hybridized carbons (Fsp3) is 0.300. The average Bonchev–Trinajstić information content (AvgIpc) is 3.33. The number of nitrogens with zero attached hydrogens (tertiary/aromatic N) is 3. The maximum absolute atomic E-state index is 5.96. The molecule has 0 saturated carbocycles. The van der Waals surface area contributed by atoms with Crippen LogP contribution in [0.3, 0.4) is 0 Å². The second-order valence-corrected chi connectivity index (χ2v) is 6.93. The van der Waals surface area contributed by atoms with Crippen molar-refractivity contribution >= 4 is 11.6 Å². The second kappa shape index (κ2) is 7.48. The van der Waals surface area contributed by atoms with Gasteiger partial charge in [0.25, 0.3) is 5.89 Å². The van der Waals surface area contributed by atoms with Crippen LogP contribution in [0.1, 0.15) is 23.8 Å². The maximum atomic E-state index is 5.96. The number of ether oxygens (including phenoxy) is 1. The topological polar surface area (TPSA) is 51.4 Å². The largest absolute Gasteiger partial charge is 0.496 e. The van der Waals surface area contributed by atoms with Gasteiger partial charge in [0.15, 0.2) is 0 Å². The lowest BCUT2D eigenvalue weighted by molar-refractivity contribution is 0.320. The summed E-state index contributed by atoms with van der Waals surface area (Å²) >= 11 is 5.96. The van der Waals surface area contributed by atoms with Crippen LogP contribution in [0.25, 0.3) is 11.5 Å². The summed E-state index contributed by atoms with van der Waals surface area (Å²) in [4.78, 5) is 2.40. The summed E-state index contributed by atoms with van der Waals surface area (Å²) in [7, 11) is 1.64. The van der Waals surface area contributed by atoms with Crippen LogP contribution < -0.4 is 4.74 Å². The minimum Gasteiger partial charge on any atom is -0.496 e. The highest BCUT2D eigenvalue weighted by atomic mass is 35.5. The van der Waals surface area contributed by atoms with E-state index < -0.39 is 0 Å². The Morgan fingerprint density at radius 3 is 2.77 bits per heavy atom. The first-order chi connectivity index (χ1) is 12.7. The number of hydrogen-bond acceptors (Lipinski definition) is 5. The number of benzene rings is 2. The zero-order valence-corrected chi connectivity index (χ0v) is 15.3. The molecule has 1 atom stereocenters. The van der Waals surface area contributed by atoms with E-state index in [1.165, 1.54) is 5.56 Å². The van der Waals surface area contributed by atoms with E-state index in [9.17, 15) is 0 Å². The molecule has 134 valence electrons. The zero-order valence-electron chi connectivity index (χ0n) is 14.6. The van der Waals surface area contributed by atoms with Crippen molar-refractivity contribution < 1.29 is 9.15 Å². The van der Waals surface area contributed by atoms with E-state index >= 15 is 0 Å². The summed E-state index contributed by atoms with van der Waals surface area (Å²) in [5, 5.41) is 9.28. The number of para-hydroxylation sites is 1. The predicted octanol–water partition coefficient (Wildman–Crippen LogP) is 4.39. The second-order valence-electron chi connectivity index (χ2n) is 6.49. The molecule has 4 rings (SSSR count). The van der Waals surface area contributed by atoms with Gasteiger partial charge in [0, 0.05) is 18.1 Å². The van der Waals surface area contributed by atoms with E-state index in [1.54, 1.807) is 7.11 Å². The van der Waals surface area contributed by atoms with Gasteiger partial charge in [-0.2, -0.15) is 0 Å². The molecule has 0 amide bonds. The van der Waals surface area contributed by atoms with Crippen LogP contribution in [0.5, 0.6) is 5.75 Å². The van der Waals surface area contributed by atoms with Crippen molar-refractivity contribution in [3.8, 4) is 17.2 Å². The number of halogens is 1. The van der Waals surface area contributed by atoms with Crippen molar-refractivity contribution in [1.29, 1.82) is 0 Å². The third-order valence-corrected chi connectivity index (χ3v) is 4.97. The summed E-state index contributed by atoms with van der Waals surface area (Å²) in [5.41, 5.74) is 2.08. The molecule has 1 aliphatic heterocycles. The molecular formula is C20H20ClN3O2. The molecule has 3 aromatic rings. The van der Waals surface area contributed by atoms with E-state index in [0.717, 1.165) is 42.4 Å².